The van der Waals surface area contributed by atoms with Crippen LogP contribution < -0.4 is 10.2 Å². The highest BCUT2D eigenvalue weighted by Gasteiger charge is 2.37. The van der Waals surface area contributed by atoms with Gasteiger partial charge >= 0.3 is 6.18 Å². The fourth-order valence-electron chi connectivity index (χ4n) is 4.66. The lowest BCUT2D eigenvalue weighted by Crippen LogP contribution is -2.47. The van der Waals surface area contributed by atoms with Gasteiger partial charge < -0.3 is 5.32 Å². The Hall–Kier alpha value is -4.13. The van der Waals surface area contributed by atoms with Crippen molar-refractivity contribution in [3.63, 3.8) is 0 Å². The van der Waals surface area contributed by atoms with Gasteiger partial charge in [0.1, 0.15) is 18.4 Å². The number of amides is 2. The van der Waals surface area contributed by atoms with E-state index < -0.39 is 42.0 Å². The number of anilines is 1. The summed E-state index contributed by atoms with van der Waals surface area (Å²) in [5.41, 5.74) is -0.595. The van der Waals surface area contributed by atoms with Gasteiger partial charge in [0.2, 0.25) is 11.7 Å². The number of aromatic nitrogens is 4. The number of nitrogens with one attached hydrogen (secondary N) is 1. The summed E-state index contributed by atoms with van der Waals surface area (Å²) in [6.07, 6.45) is -1.17. The minimum Gasteiger partial charge on any atom is -0.351 e. The molecule has 0 bridgehead atoms. The van der Waals surface area contributed by atoms with Crippen LogP contribution in [0.25, 0.3) is 11.4 Å². The van der Waals surface area contributed by atoms with E-state index in [-0.39, 0.29) is 17.6 Å². The number of halogens is 4. The molecule has 0 saturated heterocycles. The second kappa shape index (κ2) is 11.5. The largest absolute Gasteiger partial charge is 0.416 e. The van der Waals surface area contributed by atoms with Crippen LogP contribution in [0.3, 0.4) is 0 Å². The lowest BCUT2D eigenvalue weighted by molar-refractivity contribution is -0.137. The number of thiophene rings is 1. The Balaban J connectivity index is 1.51. The summed E-state index contributed by atoms with van der Waals surface area (Å²) in [7, 11) is 0. The van der Waals surface area contributed by atoms with Crippen LogP contribution in [0.4, 0.5) is 23.2 Å². The summed E-state index contributed by atoms with van der Waals surface area (Å²) < 4.78 is 54.2. The third-order valence-electron chi connectivity index (χ3n) is 6.57. The van der Waals surface area contributed by atoms with Gasteiger partial charge in [0, 0.05) is 22.2 Å². The Bertz CT molecular complexity index is 1470. The molecule has 2 heterocycles. The van der Waals surface area contributed by atoms with Crippen molar-refractivity contribution >= 4 is 28.8 Å². The number of tetrazole rings is 1. The second-order valence-corrected chi connectivity index (χ2v) is 10.3. The van der Waals surface area contributed by atoms with Crippen molar-refractivity contribution in [3.05, 3.63) is 82.3 Å². The Morgan fingerprint density at radius 1 is 1.07 bits per heavy atom. The second-order valence-electron chi connectivity index (χ2n) is 9.37. The average molecular weight is 573 g/mol. The summed E-state index contributed by atoms with van der Waals surface area (Å²) in [6.45, 7) is -0.511. The first kappa shape index (κ1) is 27.4. The molecule has 2 amide bonds. The van der Waals surface area contributed by atoms with Gasteiger partial charge in [0.25, 0.3) is 5.91 Å². The van der Waals surface area contributed by atoms with Crippen LogP contribution in [0.1, 0.15) is 42.2 Å². The van der Waals surface area contributed by atoms with Crippen LogP contribution in [-0.2, 0) is 22.3 Å². The predicted octanol–water partition coefficient (Wildman–Crippen LogP) is 5.39. The molecule has 13 heteroatoms. The molecule has 2 aromatic heterocycles. The zero-order valence-electron chi connectivity index (χ0n) is 21.0. The minimum atomic E-state index is -4.66. The molecule has 40 heavy (non-hydrogen) atoms. The van der Waals surface area contributed by atoms with Gasteiger partial charge in [0.05, 0.1) is 5.56 Å². The molecule has 1 aliphatic carbocycles. The molecular weight excluding hydrogens is 548 g/mol. The summed E-state index contributed by atoms with van der Waals surface area (Å²) in [5.74, 6) is -1.52. The minimum absolute atomic E-state index is 0.0799. The monoisotopic (exact) mass is 572 g/mol. The first-order valence-electron chi connectivity index (χ1n) is 12.6. The lowest BCUT2D eigenvalue weighted by atomic mass is 10.1. The molecule has 208 valence electrons. The quantitative estimate of drug-likeness (QED) is 0.286. The van der Waals surface area contributed by atoms with Gasteiger partial charge in [-0.25, -0.2) is 4.39 Å². The topological polar surface area (TPSA) is 93.0 Å². The van der Waals surface area contributed by atoms with E-state index in [1.807, 2.05) is 0 Å². The highest BCUT2D eigenvalue weighted by atomic mass is 32.1. The fraction of sp³-hybridized carbons (Fsp3) is 0.296. The van der Waals surface area contributed by atoms with E-state index in [0.717, 1.165) is 47.5 Å². The third-order valence-corrected chi connectivity index (χ3v) is 7.50. The number of hydrogen-bond donors (Lipinski definition) is 1. The van der Waals surface area contributed by atoms with Crippen molar-refractivity contribution < 1.29 is 27.2 Å². The van der Waals surface area contributed by atoms with Crippen LogP contribution in [0.2, 0.25) is 0 Å². The number of nitrogens with zero attached hydrogens (tertiary/aromatic N) is 5. The molecule has 5 rings (SSSR count). The number of benzene rings is 2. The van der Waals surface area contributed by atoms with Gasteiger partial charge in [-0.15, -0.1) is 21.5 Å². The highest BCUT2D eigenvalue weighted by molar-refractivity contribution is 7.10. The van der Waals surface area contributed by atoms with Crippen molar-refractivity contribution in [2.45, 2.75) is 50.5 Å². The van der Waals surface area contributed by atoms with Crippen LogP contribution in [-0.4, -0.2) is 38.1 Å². The van der Waals surface area contributed by atoms with Crippen LogP contribution in [0.15, 0.2) is 66.0 Å². The Morgan fingerprint density at radius 2 is 1.82 bits per heavy atom. The SMILES string of the molecule is O=C(NC1CCCC1)[C@H](c1cccs1)N(C(=O)Cn1nnc(-c2ccc(F)cc2)n1)c1cccc(C(F)(F)F)c1. The molecule has 0 radical (unpaired) electrons. The van der Waals surface area contributed by atoms with E-state index in [9.17, 15) is 27.2 Å². The van der Waals surface area contributed by atoms with E-state index in [4.69, 9.17) is 0 Å². The average Bonchev–Trinajstić information content (AvgIpc) is 3.71. The molecule has 1 fully saturated rings. The van der Waals surface area contributed by atoms with Crippen molar-refractivity contribution in [2.24, 2.45) is 0 Å². The third kappa shape index (κ3) is 6.19. The lowest BCUT2D eigenvalue weighted by Gasteiger charge is -2.31. The molecule has 0 aliphatic heterocycles. The molecule has 0 spiro atoms. The van der Waals surface area contributed by atoms with Gasteiger partial charge in [-0.3, -0.25) is 14.5 Å². The van der Waals surface area contributed by atoms with Crippen molar-refractivity contribution in [1.82, 2.24) is 25.5 Å². The van der Waals surface area contributed by atoms with Crippen LogP contribution in [0.5, 0.6) is 0 Å². The summed E-state index contributed by atoms with van der Waals surface area (Å²) >= 11 is 1.22. The van der Waals surface area contributed by atoms with Crippen molar-refractivity contribution in [2.75, 3.05) is 4.90 Å². The number of rotatable bonds is 8. The number of hydrogen-bond acceptors (Lipinski definition) is 6. The first-order valence-corrected chi connectivity index (χ1v) is 13.4. The maximum Gasteiger partial charge on any atom is 0.416 e. The molecule has 0 unspecified atom stereocenters. The normalized spacial score (nSPS) is 14.7. The standard InChI is InChI=1S/C27H24F4N6O2S/c28-19-12-10-17(11-13-19)25-33-35-36(34-25)16-23(38)37(21-8-3-5-18(15-21)27(29,30)31)24(22-9-4-14-40-22)26(39)32-20-6-1-2-7-20/h3-5,8-15,20,24H,1-2,6-7,16H2,(H,32,39)/t24-/m0/s1. The maximum absolute atomic E-state index is 13.8. The molecule has 2 aromatic carbocycles. The number of carbonyl (C=O) groups excluding carboxylic acids is 2. The summed E-state index contributed by atoms with van der Waals surface area (Å²) in [5, 5.41) is 16.7. The fourth-order valence-corrected chi connectivity index (χ4v) is 5.47. The van der Waals surface area contributed by atoms with Gasteiger partial charge in [-0.05, 0) is 72.0 Å². The molecule has 1 atom stereocenters. The Labute approximate surface area is 230 Å². The maximum atomic E-state index is 13.8. The highest BCUT2D eigenvalue weighted by Crippen LogP contribution is 2.36. The summed E-state index contributed by atoms with van der Waals surface area (Å²) in [6, 6.07) is 11.7. The number of alkyl halides is 3. The van der Waals surface area contributed by atoms with Gasteiger partial charge in [0.15, 0.2) is 0 Å². The zero-order chi connectivity index (χ0) is 28.3. The first-order chi connectivity index (χ1) is 19.2. The van der Waals surface area contributed by atoms with Crippen LogP contribution >= 0.6 is 11.3 Å². The van der Waals surface area contributed by atoms with E-state index in [1.54, 1.807) is 17.5 Å². The molecular formula is C27H24F4N6O2S. The molecule has 1 aliphatic rings. The van der Waals surface area contributed by atoms with Crippen molar-refractivity contribution in [1.29, 1.82) is 0 Å². The van der Waals surface area contributed by atoms with Gasteiger partial charge in [-0.1, -0.05) is 25.0 Å². The molecule has 1 saturated carbocycles. The predicted molar refractivity (Wildman–Crippen MR) is 140 cm³/mol. The Kier molecular flexibility index (Phi) is 7.92. The van der Waals surface area contributed by atoms with Crippen LogP contribution in [0, 0.1) is 5.82 Å². The smallest absolute Gasteiger partial charge is 0.351 e. The summed E-state index contributed by atoms with van der Waals surface area (Å²) in [4.78, 5) is 30.0. The van der Waals surface area contributed by atoms with E-state index in [0.29, 0.717) is 10.4 Å². The molecule has 4 aromatic rings. The zero-order valence-corrected chi connectivity index (χ0v) is 21.8. The Morgan fingerprint density at radius 3 is 2.50 bits per heavy atom. The number of carbonyl (C=O) groups is 2. The van der Waals surface area contributed by atoms with Crippen molar-refractivity contribution in [3.8, 4) is 11.4 Å². The molecule has 1 N–H and O–H groups in total. The van der Waals surface area contributed by atoms with E-state index in [2.05, 4.69) is 20.7 Å². The molecule has 8 nitrogen and oxygen atoms in total. The van der Waals surface area contributed by atoms with Gasteiger partial charge in [-0.2, -0.15) is 18.0 Å². The van der Waals surface area contributed by atoms with E-state index in [1.165, 1.54) is 47.7 Å². The van der Waals surface area contributed by atoms with E-state index >= 15 is 0 Å².